The number of aliphatic carboxylic acids is 1. The topological polar surface area (TPSA) is 87.3 Å². The summed E-state index contributed by atoms with van der Waals surface area (Å²) in [5, 5.41) is 10.9. The second-order valence-corrected chi connectivity index (χ2v) is 8.98. The number of methoxy groups -OCH3 is 1. The van der Waals surface area contributed by atoms with E-state index in [9.17, 15) is 4.79 Å². The first kappa shape index (κ1) is 32.3. The standard InChI is InChI=1S/C29H25NO7.2ClH.K/c1-33-25-7-4-19-13-24-22-15-27-26(36-17-37-27)14-20(22)8-9-30(24)16-23(19)29(25)35-11-10-34-21-5-2-18(3-6-21)12-28(31)32;;;/h2-7,13-16H,8-12,17H2,1H3;2*1H;/q;;;+1/p-1. The first-order valence-corrected chi connectivity index (χ1v) is 12.1. The zero-order valence-electron chi connectivity index (χ0n) is 22.1. The molecule has 2 aliphatic heterocycles. The molecule has 3 heterocycles. The van der Waals surface area contributed by atoms with Crippen LogP contribution in [0, 0.1) is 0 Å². The van der Waals surface area contributed by atoms with Crippen LogP contribution >= 0.6 is 0 Å². The maximum atomic E-state index is 10.8. The summed E-state index contributed by atoms with van der Waals surface area (Å²) in [6, 6.07) is 17.3. The smallest absolute Gasteiger partial charge is 1.00 e. The minimum Gasteiger partial charge on any atom is -1.00 e. The molecule has 6 rings (SSSR count). The van der Waals surface area contributed by atoms with Crippen molar-refractivity contribution in [2.75, 3.05) is 27.1 Å². The van der Waals surface area contributed by atoms with E-state index >= 15 is 0 Å². The molecule has 0 saturated heterocycles. The molecular formula is C29H26Cl2KNO7. The van der Waals surface area contributed by atoms with E-state index < -0.39 is 5.97 Å². The number of carboxylic acids is 1. The molecule has 0 saturated carbocycles. The largest absolute Gasteiger partial charge is 1.00 e. The van der Waals surface area contributed by atoms with Gasteiger partial charge < -0.3 is 53.6 Å². The fourth-order valence-corrected chi connectivity index (χ4v) is 4.89. The predicted molar refractivity (Wildman–Crippen MR) is 135 cm³/mol. The molecule has 0 fully saturated rings. The number of rotatable bonds is 8. The Morgan fingerprint density at radius 1 is 0.975 bits per heavy atom. The van der Waals surface area contributed by atoms with Gasteiger partial charge in [-0.25, -0.2) is 0 Å². The molecule has 0 atom stereocenters. The van der Waals surface area contributed by atoms with Crippen molar-refractivity contribution in [3.05, 3.63) is 71.9 Å². The van der Waals surface area contributed by atoms with Crippen LogP contribution in [0.5, 0.6) is 28.7 Å². The Kier molecular flexibility index (Phi) is 11.4. The summed E-state index contributed by atoms with van der Waals surface area (Å²) in [5.74, 6) is 2.72. The summed E-state index contributed by atoms with van der Waals surface area (Å²) in [5.41, 5.74) is 4.25. The van der Waals surface area contributed by atoms with Crippen LogP contribution in [0.15, 0.2) is 60.8 Å². The van der Waals surface area contributed by atoms with E-state index in [0.29, 0.717) is 30.5 Å². The van der Waals surface area contributed by atoms with Crippen LogP contribution in [0.4, 0.5) is 0 Å². The average Bonchev–Trinajstić information content (AvgIpc) is 3.37. The second-order valence-electron chi connectivity index (χ2n) is 8.98. The van der Waals surface area contributed by atoms with Crippen LogP contribution in [0.2, 0.25) is 0 Å². The van der Waals surface area contributed by atoms with Crippen LogP contribution in [0.25, 0.3) is 22.0 Å². The number of benzene rings is 3. The second kappa shape index (κ2) is 14.1. The fourth-order valence-electron chi connectivity index (χ4n) is 4.89. The summed E-state index contributed by atoms with van der Waals surface area (Å²) in [4.78, 5) is 10.8. The molecule has 2 aliphatic rings. The number of hydrogen-bond acceptors (Lipinski definition) is 6. The molecule has 1 N–H and O–H groups in total. The minimum atomic E-state index is -0.859. The molecule has 3 aromatic carbocycles. The molecule has 204 valence electrons. The molecule has 0 amide bonds. The molecule has 8 nitrogen and oxygen atoms in total. The van der Waals surface area contributed by atoms with Crippen molar-refractivity contribution in [3.63, 3.8) is 0 Å². The quantitative estimate of drug-likeness (QED) is 0.122. The summed E-state index contributed by atoms with van der Waals surface area (Å²) >= 11 is 0. The van der Waals surface area contributed by atoms with Gasteiger partial charge in [0.05, 0.1) is 24.5 Å². The van der Waals surface area contributed by atoms with Gasteiger partial charge in [-0.3, -0.25) is 4.79 Å². The van der Waals surface area contributed by atoms with Crippen molar-refractivity contribution in [2.24, 2.45) is 0 Å². The third kappa shape index (κ3) is 6.62. The number of halogens is 2. The van der Waals surface area contributed by atoms with Gasteiger partial charge in [0.25, 0.3) is 0 Å². The van der Waals surface area contributed by atoms with Crippen molar-refractivity contribution >= 4 is 16.7 Å². The summed E-state index contributed by atoms with van der Waals surface area (Å²) in [7, 11) is 1.63. The number of pyridine rings is 1. The maximum Gasteiger partial charge on any atom is 1.00 e. The number of carbonyl (C=O) groups is 1. The van der Waals surface area contributed by atoms with Gasteiger partial charge in [0, 0.05) is 12.5 Å². The van der Waals surface area contributed by atoms with Crippen molar-refractivity contribution in [2.45, 2.75) is 19.4 Å². The molecule has 0 unspecified atom stereocenters. The maximum absolute atomic E-state index is 10.8. The number of aryl methyl sites for hydroxylation is 2. The molecule has 0 radical (unpaired) electrons. The van der Waals surface area contributed by atoms with Gasteiger partial charge in [-0.1, -0.05) is 12.1 Å². The summed E-state index contributed by atoms with van der Waals surface area (Å²) in [6.45, 7) is 1.75. The van der Waals surface area contributed by atoms with Gasteiger partial charge in [-0.05, 0) is 52.9 Å². The molecule has 0 spiro atoms. The third-order valence-electron chi connectivity index (χ3n) is 6.67. The predicted octanol–water partition coefficient (Wildman–Crippen LogP) is -4.82. The Morgan fingerprint density at radius 2 is 1.70 bits per heavy atom. The van der Waals surface area contributed by atoms with E-state index in [1.165, 1.54) is 5.56 Å². The monoisotopic (exact) mass is 609 g/mol. The summed E-state index contributed by atoms with van der Waals surface area (Å²) < 4.78 is 31.0. The summed E-state index contributed by atoms with van der Waals surface area (Å²) in [6.07, 6.45) is 3.01. The van der Waals surface area contributed by atoms with Gasteiger partial charge in [0.1, 0.15) is 19.0 Å². The molecule has 11 heteroatoms. The number of fused-ring (bicyclic) bond motifs is 5. The van der Waals surface area contributed by atoms with E-state index in [-0.39, 0.29) is 89.4 Å². The Morgan fingerprint density at radius 3 is 2.42 bits per heavy atom. The van der Waals surface area contributed by atoms with Gasteiger partial charge in [0.15, 0.2) is 35.7 Å². The van der Waals surface area contributed by atoms with E-state index in [4.69, 9.17) is 28.8 Å². The zero-order chi connectivity index (χ0) is 25.4. The van der Waals surface area contributed by atoms with E-state index in [0.717, 1.165) is 52.1 Å². The molecule has 1 aromatic heterocycles. The first-order chi connectivity index (χ1) is 18.1. The van der Waals surface area contributed by atoms with Gasteiger partial charge in [-0.2, -0.15) is 4.57 Å². The number of ether oxygens (including phenoxy) is 5. The number of aromatic nitrogens is 1. The van der Waals surface area contributed by atoms with Gasteiger partial charge in [0.2, 0.25) is 12.5 Å². The SMILES string of the molecule is COc1ccc2cc3[n+](cc2c1OCCOc1ccc(CC(=O)O)cc1)CCc1cc2c(cc1-3)OCO2.[Cl-].[Cl-].[K+]. The Bertz CT molecular complexity index is 1520. The van der Waals surface area contributed by atoms with Crippen LogP contribution in [0.1, 0.15) is 11.1 Å². The van der Waals surface area contributed by atoms with Crippen molar-refractivity contribution in [3.8, 4) is 40.0 Å². The van der Waals surface area contributed by atoms with Crippen LogP contribution in [-0.2, 0) is 24.2 Å². The van der Waals surface area contributed by atoms with Gasteiger partial charge in [-0.15, -0.1) is 0 Å². The van der Waals surface area contributed by atoms with Crippen LogP contribution < -0.4 is 104 Å². The van der Waals surface area contributed by atoms with Crippen LogP contribution in [-0.4, -0.2) is 38.2 Å². The van der Waals surface area contributed by atoms with E-state index in [1.54, 1.807) is 31.4 Å². The number of nitrogens with zero attached hydrogens (tertiary/aromatic N) is 1. The first-order valence-electron chi connectivity index (χ1n) is 12.1. The van der Waals surface area contributed by atoms with Crippen molar-refractivity contribution < 1.29 is 114 Å². The van der Waals surface area contributed by atoms with E-state index in [1.807, 2.05) is 12.1 Å². The zero-order valence-corrected chi connectivity index (χ0v) is 26.8. The van der Waals surface area contributed by atoms with Crippen LogP contribution in [0.3, 0.4) is 0 Å². The Hall–Kier alpha value is -2.24. The fraction of sp³-hybridized carbons (Fsp3) is 0.241. The van der Waals surface area contributed by atoms with E-state index in [2.05, 4.69) is 29.0 Å². The molecular weight excluding hydrogens is 584 g/mol. The number of carboxylic acid groups (broad SMARTS) is 1. The Balaban J connectivity index is 0.00000147. The molecule has 0 bridgehead atoms. The Labute approximate surface area is 286 Å². The normalized spacial score (nSPS) is 12.1. The van der Waals surface area contributed by atoms with Crippen molar-refractivity contribution in [1.29, 1.82) is 0 Å². The average molecular weight is 611 g/mol. The van der Waals surface area contributed by atoms with Gasteiger partial charge >= 0.3 is 57.4 Å². The molecule has 4 aromatic rings. The molecule has 0 aliphatic carbocycles. The third-order valence-corrected chi connectivity index (χ3v) is 6.67. The molecule has 40 heavy (non-hydrogen) atoms. The van der Waals surface area contributed by atoms with Crippen molar-refractivity contribution in [1.82, 2.24) is 0 Å². The number of hydrogen-bond donors (Lipinski definition) is 1. The minimum absolute atomic E-state index is 0.